The molecule has 2 rings (SSSR count). The van der Waals surface area contributed by atoms with Gasteiger partial charge in [0.2, 0.25) is 0 Å². The summed E-state index contributed by atoms with van der Waals surface area (Å²) in [7, 11) is 1.37. The minimum atomic E-state index is -0.450. The highest BCUT2D eigenvalue weighted by molar-refractivity contribution is 7.99. The molecule has 0 aromatic heterocycles. The van der Waals surface area contributed by atoms with Gasteiger partial charge in [0, 0.05) is 10.6 Å². The number of benzene rings is 2. The van der Waals surface area contributed by atoms with Crippen LogP contribution in [0.4, 0.5) is 10.1 Å². The number of thioether (sulfide) groups is 1. The summed E-state index contributed by atoms with van der Waals surface area (Å²) in [5, 5.41) is 0. The molecule has 1 atom stereocenters. The van der Waals surface area contributed by atoms with Gasteiger partial charge in [0.15, 0.2) is 0 Å². The molecule has 0 amide bonds. The van der Waals surface area contributed by atoms with E-state index in [0.717, 1.165) is 10.5 Å². The highest BCUT2D eigenvalue weighted by atomic mass is 32.2. The molecular formula is C16H16FNO2S. The number of carbonyl (C=O) groups is 1. The second-order valence-electron chi connectivity index (χ2n) is 4.48. The monoisotopic (exact) mass is 305 g/mol. The van der Waals surface area contributed by atoms with Crippen LogP contribution in [-0.4, -0.2) is 18.8 Å². The summed E-state index contributed by atoms with van der Waals surface area (Å²) in [6.07, 6.45) is 0. The number of methoxy groups -OCH3 is 1. The van der Waals surface area contributed by atoms with Gasteiger partial charge in [-0.2, -0.15) is 0 Å². The lowest BCUT2D eigenvalue weighted by atomic mass is 10.0. The van der Waals surface area contributed by atoms with Gasteiger partial charge in [0.1, 0.15) is 5.82 Å². The topological polar surface area (TPSA) is 52.3 Å². The SMILES string of the molecule is COC(=O)C(CSc1ccc(N)c(F)c1)c1ccccc1. The van der Waals surface area contributed by atoms with Crippen molar-refractivity contribution < 1.29 is 13.9 Å². The lowest BCUT2D eigenvalue weighted by Crippen LogP contribution is -2.16. The Kier molecular flexibility index (Phi) is 5.22. The van der Waals surface area contributed by atoms with Gasteiger partial charge < -0.3 is 10.5 Å². The number of anilines is 1. The lowest BCUT2D eigenvalue weighted by molar-refractivity contribution is -0.141. The molecule has 21 heavy (non-hydrogen) atoms. The molecule has 0 saturated carbocycles. The number of nitrogen functional groups attached to an aromatic ring is 1. The van der Waals surface area contributed by atoms with Crippen LogP contribution in [0.1, 0.15) is 11.5 Å². The fourth-order valence-corrected chi connectivity index (χ4v) is 2.94. The number of carbonyl (C=O) groups excluding carboxylic acids is 1. The minimum Gasteiger partial charge on any atom is -0.469 e. The van der Waals surface area contributed by atoms with E-state index in [1.54, 1.807) is 6.07 Å². The van der Waals surface area contributed by atoms with Crippen LogP contribution in [0.5, 0.6) is 0 Å². The molecule has 110 valence electrons. The molecule has 0 saturated heterocycles. The third kappa shape index (κ3) is 3.98. The van der Waals surface area contributed by atoms with Gasteiger partial charge in [0.05, 0.1) is 18.7 Å². The fraction of sp³-hybridized carbons (Fsp3) is 0.188. The molecule has 3 nitrogen and oxygen atoms in total. The van der Waals surface area contributed by atoms with Crippen molar-refractivity contribution in [1.82, 2.24) is 0 Å². The number of nitrogens with two attached hydrogens (primary N) is 1. The Morgan fingerprint density at radius 1 is 1.29 bits per heavy atom. The molecule has 0 aliphatic rings. The van der Waals surface area contributed by atoms with Gasteiger partial charge in [-0.25, -0.2) is 4.39 Å². The Morgan fingerprint density at radius 3 is 2.62 bits per heavy atom. The first kappa shape index (κ1) is 15.4. The predicted octanol–water partition coefficient (Wildman–Crippen LogP) is 3.46. The van der Waals surface area contributed by atoms with Crippen LogP contribution in [-0.2, 0) is 9.53 Å². The van der Waals surface area contributed by atoms with E-state index in [9.17, 15) is 9.18 Å². The summed E-state index contributed by atoms with van der Waals surface area (Å²) >= 11 is 1.39. The van der Waals surface area contributed by atoms with Crippen molar-refractivity contribution in [3.8, 4) is 0 Å². The van der Waals surface area contributed by atoms with Crippen LogP contribution in [0.2, 0.25) is 0 Å². The van der Waals surface area contributed by atoms with Crippen LogP contribution < -0.4 is 5.73 Å². The maximum Gasteiger partial charge on any atom is 0.313 e. The summed E-state index contributed by atoms with van der Waals surface area (Å²) in [5.74, 6) is -0.666. The van der Waals surface area contributed by atoms with Crippen molar-refractivity contribution in [2.24, 2.45) is 0 Å². The zero-order valence-electron chi connectivity index (χ0n) is 11.6. The molecule has 1 unspecified atom stereocenters. The second kappa shape index (κ2) is 7.13. The average molecular weight is 305 g/mol. The minimum absolute atomic E-state index is 0.118. The van der Waals surface area contributed by atoms with E-state index in [-0.39, 0.29) is 17.6 Å². The summed E-state index contributed by atoms with van der Waals surface area (Å²) in [5.41, 5.74) is 6.45. The van der Waals surface area contributed by atoms with E-state index in [0.29, 0.717) is 5.75 Å². The number of ether oxygens (including phenoxy) is 1. The number of hydrogen-bond donors (Lipinski definition) is 1. The van der Waals surface area contributed by atoms with Gasteiger partial charge in [0.25, 0.3) is 0 Å². The van der Waals surface area contributed by atoms with Crippen molar-refractivity contribution in [2.75, 3.05) is 18.6 Å². The van der Waals surface area contributed by atoms with E-state index < -0.39 is 5.82 Å². The Labute approximate surface area is 127 Å². The zero-order chi connectivity index (χ0) is 15.2. The molecule has 0 bridgehead atoms. The van der Waals surface area contributed by atoms with E-state index in [1.807, 2.05) is 30.3 Å². The van der Waals surface area contributed by atoms with Crippen LogP contribution in [0.25, 0.3) is 0 Å². The third-order valence-corrected chi connectivity index (χ3v) is 4.16. The van der Waals surface area contributed by atoms with Gasteiger partial charge in [-0.05, 0) is 23.8 Å². The normalized spacial score (nSPS) is 11.9. The molecular weight excluding hydrogens is 289 g/mol. The standard InChI is InChI=1S/C16H16FNO2S/c1-20-16(19)13(11-5-3-2-4-6-11)10-21-12-7-8-15(18)14(17)9-12/h2-9,13H,10,18H2,1H3. The predicted molar refractivity (Wildman–Crippen MR) is 82.7 cm³/mol. The van der Waals surface area contributed by atoms with Crippen LogP contribution in [0.15, 0.2) is 53.4 Å². The van der Waals surface area contributed by atoms with E-state index in [2.05, 4.69) is 0 Å². The molecule has 5 heteroatoms. The Morgan fingerprint density at radius 2 is 2.00 bits per heavy atom. The summed E-state index contributed by atoms with van der Waals surface area (Å²) in [6, 6.07) is 14.0. The summed E-state index contributed by atoms with van der Waals surface area (Å²) in [4.78, 5) is 12.7. The molecule has 2 N–H and O–H groups in total. The smallest absolute Gasteiger partial charge is 0.313 e. The second-order valence-corrected chi connectivity index (χ2v) is 5.57. The Bertz CT molecular complexity index is 619. The average Bonchev–Trinajstić information content (AvgIpc) is 2.51. The van der Waals surface area contributed by atoms with E-state index in [1.165, 1.54) is 31.0 Å². The third-order valence-electron chi connectivity index (χ3n) is 3.08. The molecule has 0 heterocycles. The molecule has 0 fully saturated rings. The van der Waals surface area contributed by atoms with Crippen LogP contribution >= 0.6 is 11.8 Å². The molecule has 0 radical (unpaired) electrons. The maximum absolute atomic E-state index is 13.4. The summed E-state index contributed by atoms with van der Waals surface area (Å²) < 4.78 is 18.3. The number of rotatable bonds is 5. The zero-order valence-corrected chi connectivity index (χ0v) is 12.4. The van der Waals surface area contributed by atoms with Gasteiger partial charge in [-0.15, -0.1) is 11.8 Å². The van der Waals surface area contributed by atoms with Crippen molar-refractivity contribution in [3.63, 3.8) is 0 Å². The van der Waals surface area contributed by atoms with Crippen molar-refractivity contribution in [1.29, 1.82) is 0 Å². The van der Waals surface area contributed by atoms with Crippen LogP contribution in [0, 0.1) is 5.82 Å². The quantitative estimate of drug-likeness (QED) is 0.522. The van der Waals surface area contributed by atoms with E-state index >= 15 is 0 Å². The first-order chi connectivity index (χ1) is 10.1. The maximum atomic E-state index is 13.4. The van der Waals surface area contributed by atoms with Crippen LogP contribution in [0.3, 0.4) is 0 Å². The lowest BCUT2D eigenvalue weighted by Gasteiger charge is -2.14. The van der Waals surface area contributed by atoms with Crippen molar-refractivity contribution in [3.05, 3.63) is 59.9 Å². The number of hydrogen-bond acceptors (Lipinski definition) is 4. The number of halogens is 1. The molecule has 0 spiro atoms. The van der Waals surface area contributed by atoms with Gasteiger partial charge in [-0.3, -0.25) is 4.79 Å². The Balaban J connectivity index is 2.12. The summed E-state index contributed by atoms with van der Waals surface area (Å²) in [6.45, 7) is 0. The highest BCUT2D eigenvalue weighted by Gasteiger charge is 2.21. The fourth-order valence-electron chi connectivity index (χ4n) is 1.91. The van der Waals surface area contributed by atoms with Gasteiger partial charge >= 0.3 is 5.97 Å². The van der Waals surface area contributed by atoms with E-state index in [4.69, 9.17) is 10.5 Å². The first-order valence-electron chi connectivity index (χ1n) is 6.42. The largest absolute Gasteiger partial charge is 0.469 e. The molecule has 0 aliphatic heterocycles. The van der Waals surface area contributed by atoms with Crippen molar-refractivity contribution in [2.45, 2.75) is 10.8 Å². The molecule has 2 aromatic rings. The molecule has 2 aromatic carbocycles. The molecule has 0 aliphatic carbocycles. The van der Waals surface area contributed by atoms with Crippen molar-refractivity contribution >= 4 is 23.4 Å². The van der Waals surface area contributed by atoms with Gasteiger partial charge in [-0.1, -0.05) is 30.3 Å². The Hall–Kier alpha value is -2.01. The highest BCUT2D eigenvalue weighted by Crippen LogP contribution is 2.28. The first-order valence-corrected chi connectivity index (χ1v) is 7.41. The number of esters is 1.